The monoisotopic (exact) mass is 400 g/mol. The fraction of sp³-hybridized carbons (Fsp3) is 0.118. The van der Waals surface area contributed by atoms with Crippen LogP contribution in [0.4, 0.5) is 5.82 Å². The lowest BCUT2D eigenvalue weighted by atomic mass is 10.1. The molecule has 24 heavy (non-hydrogen) atoms. The van der Waals surface area contributed by atoms with Crippen molar-refractivity contribution in [1.82, 2.24) is 15.2 Å². The summed E-state index contributed by atoms with van der Waals surface area (Å²) < 4.78 is 2.10. The number of fused-ring (bicyclic) bond motifs is 2. The van der Waals surface area contributed by atoms with E-state index in [0.29, 0.717) is 5.82 Å². The number of aryl methyl sites for hydroxylation is 1. The van der Waals surface area contributed by atoms with E-state index >= 15 is 0 Å². The van der Waals surface area contributed by atoms with E-state index in [2.05, 4.69) is 36.4 Å². The molecule has 7 heteroatoms. The lowest BCUT2D eigenvalue weighted by Crippen LogP contribution is -2.14. The predicted octanol–water partition coefficient (Wildman–Crippen LogP) is 4.42. The van der Waals surface area contributed by atoms with E-state index in [0.717, 1.165) is 36.2 Å². The molecule has 2 N–H and O–H groups in total. The highest BCUT2D eigenvalue weighted by atomic mass is 79.9. The van der Waals surface area contributed by atoms with Crippen molar-refractivity contribution in [2.24, 2.45) is 0 Å². The van der Waals surface area contributed by atoms with Crippen LogP contribution < -0.4 is 5.32 Å². The fourth-order valence-electron chi connectivity index (χ4n) is 2.65. The van der Waals surface area contributed by atoms with Gasteiger partial charge in [0.1, 0.15) is 0 Å². The number of carbonyl (C=O) groups excluding carboxylic acids is 1. The molecule has 2 heterocycles. The maximum Gasteiger partial charge on any atom is 0.230 e. The van der Waals surface area contributed by atoms with Crippen LogP contribution in [-0.2, 0) is 11.2 Å². The van der Waals surface area contributed by atoms with Crippen LogP contribution in [-0.4, -0.2) is 21.1 Å². The van der Waals surface area contributed by atoms with Crippen LogP contribution in [0.3, 0.4) is 0 Å². The molecular weight excluding hydrogens is 388 g/mol. The molecule has 0 fully saturated rings. The van der Waals surface area contributed by atoms with Crippen molar-refractivity contribution < 1.29 is 4.79 Å². The Labute approximate surface area is 150 Å². The number of amides is 1. The Morgan fingerprint density at radius 3 is 3.04 bits per heavy atom. The summed E-state index contributed by atoms with van der Waals surface area (Å²) in [6.45, 7) is 1.98. The first-order chi connectivity index (χ1) is 11.6. The molecule has 4 rings (SSSR count). The van der Waals surface area contributed by atoms with E-state index < -0.39 is 0 Å². The quantitative estimate of drug-likeness (QED) is 0.534. The van der Waals surface area contributed by atoms with Crippen LogP contribution in [0.15, 0.2) is 40.9 Å². The molecule has 0 atom stereocenters. The summed E-state index contributed by atoms with van der Waals surface area (Å²) in [7, 11) is 0. The zero-order chi connectivity index (χ0) is 16.7. The van der Waals surface area contributed by atoms with Gasteiger partial charge in [-0.05, 0) is 42.8 Å². The average Bonchev–Trinajstić information content (AvgIpc) is 3.09. The molecule has 0 bridgehead atoms. The number of thiazole rings is 1. The van der Waals surface area contributed by atoms with Gasteiger partial charge in [-0.1, -0.05) is 22.0 Å². The average molecular weight is 401 g/mol. The fourth-order valence-corrected chi connectivity index (χ4v) is 3.82. The number of nitrogens with zero attached hydrogens (tertiary/aromatic N) is 2. The summed E-state index contributed by atoms with van der Waals surface area (Å²) in [4.78, 5) is 16.8. The van der Waals surface area contributed by atoms with Crippen LogP contribution >= 0.6 is 27.3 Å². The molecule has 0 saturated heterocycles. The zero-order valence-corrected chi connectivity index (χ0v) is 15.2. The van der Waals surface area contributed by atoms with Gasteiger partial charge in [-0.2, -0.15) is 5.10 Å². The maximum atomic E-state index is 12.3. The molecule has 0 aliphatic rings. The minimum atomic E-state index is -0.0994. The van der Waals surface area contributed by atoms with Crippen molar-refractivity contribution in [2.75, 3.05) is 5.32 Å². The summed E-state index contributed by atoms with van der Waals surface area (Å²) in [6.07, 6.45) is 0.289. The second-order valence-electron chi connectivity index (χ2n) is 5.52. The number of benzene rings is 2. The van der Waals surface area contributed by atoms with Gasteiger partial charge in [-0.3, -0.25) is 9.89 Å². The zero-order valence-electron chi connectivity index (χ0n) is 12.8. The van der Waals surface area contributed by atoms with E-state index in [4.69, 9.17) is 0 Å². The van der Waals surface area contributed by atoms with Gasteiger partial charge in [0.15, 0.2) is 5.82 Å². The van der Waals surface area contributed by atoms with Gasteiger partial charge >= 0.3 is 0 Å². The van der Waals surface area contributed by atoms with Crippen molar-refractivity contribution >= 4 is 60.1 Å². The Kier molecular flexibility index (Phi) is 3.82. The number of hydrogen-bond donors (Lipinski definition) is 2. The van der Waals surface area contributed by atoms with Gasteiger partial charge in [0, 0.05) is 9.86 Å². The van der Waals surface area contributed by atoms with Gasteiger partial charge in [-0.15, -0.1) is 11.3 Å². The summed E-state index contributed by atoms with van der Waals surface area (Å²) in [5.41, 5.74) is 2.75. The molecule has 2 aromatic heterocycles. The first-order valence-electron chi connectivity index (χ1n) is 7.38. The maximum absolute atomic E-state index is 12.3. The molecule has 0 radical (unpaired) electrons. The van der Waals surface area contributed by atoms with E-state index in [-0.39, 0.29) is 12.3 Å². The Morgan fingerprint density at radius 1 is 1.29 bits per heavy atom. The van der Waals surface area contributed by atoms with Crippen LogP contribution in [0.25, 0.3) is 21.1 Å². The lowest BCUT2D eigenvalue weighted by molar-refractivity contribution is -0.115. The second-order valence-corrected chi connectivity index (χ2v) is 7.67. The molecule has 2 aromatic carbocycles. The Hall–Kier alpha value is -2.25. The van der Waals surface area contributed by atoms with Gasteiger partial charge in [0.25, 0.3) is 0 Å². The Morgan fingerprint density at radius 2 is 2.17 bits per heavy atom. The van der Waals surface area contributed by atoms with Crippen molar-refractivity contribution in [3.8, 4) is 0 Å². The number of hydrogen-bond acceptors (Lipinski definition) is 4. The second kappa shape index (κ2) is 5.99. The third-order valence-corrected chi connectivity index (χ3v) is 5.15. The van der Waals surface area contributed by atoms with Crippen LogP contribution in [0.2, 0.25) is 0 Å². The Balaban J connectivity index is 1.54. The molecule has 0 unspecified atom stereocenters. The molecule has 0 spiro atoms. The standard InChI is InChI=1S/C17H13BrN4OS/c1-9-19-14-6-10(2-5-15(14)24-9)7-16(23)20-17-12-4-3-11(18)8-13(12)21-22-17/h2-6,8H,7H2,1H3,(H2,20,21,22,23). The molecule has 5 nitrogen and oxygen atoms in total. The molecule has 0 saturated carbocycles. The largest absolute Gasteiger partial charge is 0.308 e. The number of nitrogens with one attached hydrogen (secondary N) is 2. The van der Waals surface area contributed by atoms with Crippen molar-refractivity contribution in [3.05, 3.63) is 51.4 Å². The molecule has 0 aliphatic carbocycles. The van der Waals surface area contributed by atoms with Crippen molar-refractivity contribution in [3.63, 3.8) is 0 Å². The molecule has 4 aromatic rings. The van der Waals surface area contributed by atoms with E-state index in [1.54, 1.807) is 11.3 Å². The highest BCUT2D eigenvalue weighted by Crippen LogP contribution is 2.25. The number of halogens is 1. The number of aromatic nitrogens is 3. The lowest BCUT2D eigenvalue weighted by Gasteiger charge is -2.03. The van der Waals surface area contributed by atoms with Crippen molar-refractivity contribution in [1.29, 1.82) is 0 Å². The normalized spacial score (nSPS) is 11.2. The summed E-state index contributed by atoms with van der Waals surface area (Å²) >= 11 is 5.07. The third-order valence-electron chi connectivity index (χ3n) is 3.71. The topological polar surface area (TPSA) is 70.7 Å². The number of rotatable bonds is 3. The predicted molar refractivity (Wildman–Crippen MR) is 100 cm³/mol. The van der Waals surface area contributed by atoms with Gasteiger partial charge < -0.3 is 5.32 Å². The smallest absolute Gasteiger partial charge is 0.230 e. The first-order valence-corrected chi connectivity index (χ1v) is 8.99. The van der Waals surface area contributed by atoms with Crippen LogP contribution in [0.5, 0.6) is 0 Å². The minimum Gasteiger partial charge on any atom is -0.308 e. The van der Waals surface area contributed by atoms with Gasteiger partial charge in [0.2, 0.25) is 5.91 Å². The van der Waals surface area contributed by atoms with Gasteiger partial charge in [0.05, 0.1) is 27.2 Å². The number of aromatic amines is 1. The molecule has 1 amide bonds. The highest BCUT2D eigenvalue weighted by molar-refractivity contribution is 9.10. The molecular formula is C17H13BrN4OS. The third kappa shape index (κ3) is 2.92. The summed E-state index contributed by atoms with van der Waals surface area (Å²) in [5, 5.41) is 11.9. The van der Waals surface area contributed by atoms with Crippen LogP contribution in [0.1, 0.15) is 10.6 Å². The molecule has 120 valence electrons. The molecule has 0 aliphatic heterocycles. The van der Waals surface area contributed by atoms with E-state index in [9.17, 15) is 4.79 Å². The first kappa shape index (κ1) is 15.3. The SMILES string of the molecule is Cc1nc2cc(CC(=O)Nc3n[nH]c4cc(Br)ccc34)ccc2s1. The highest BCUT2D eigenvalue weighted by Gasteiger charge is 2.11. The van der Waals surface area contributed by atoms with E-state index in [1.807, 2.05) is 43.3 Å². The summed E-state index contributed by atoms with van der Waals surface area (Å²) in [5.74, 6) is 0.450. The Bertz CT molecular complexity index is 1070. The summed E-state index contributed by atoms with van der Waals surface area (Å²) in [6, 6.07) is 11.7. The van der Waals surface area contributed by atoms with Gasteiger partial charge in [-0.25, -0.2) is 4.98 Å². The number of anilines is 1. The number of carbonyl (C=O) groups is 1. The minimum absolute atomic E-state index is 0.0994. The van der Waals surface area contributed by atoms with Crippen LogP contribution in [0, 0.1) is 6.92 Å². The van der Waals surface area contributed by atoms with Crippen molar-refractivity contribution in [2.45, 2.75) is 13.3 Å². The van der Waals surface area contributed by atoms with E-state index in [1.165, 1.54) is 0 Å². The number of H-pyrrole nitrogens is 1.